The molecule has 2 aliphatic rings. The molecule has 1 fully saturated rings. The molecule has 10 heteroatoms. The van der Waals surface area contributed by atoms with Gasteiger partial charge in [0, 0.05) is 0 Å². The molecule has 3 rings (SSSR count). The summed E-state index contributed by atoms with van der Waals surface area (Å²) in [7, 11) is 0. The Hall–Kier alpha value is -3.43. The van der Waals surface area contributed by atoms with Gasteiger partial charge in [0.25, 0.3) is 5.91 Å². The van der Waals surface area contributed by atoms with Crippen molar-refractivity contribution >= 4 is 23.9 Å². The highest BCUT2D eigenvalue weighted by atomic mass is 19.1. The summed E-state index contributed by atoms with van der Waals surface area (Å²) in [5, 5.41) is 7.74. The van der Waals surface area contributed by atoms with Gasteiger partial charge in [0.15, 0.2) is 0 Å². The minimum atomic E-state index is -1.36. The van der Waals surface area contributed by atoms with E-state index in [-0.39, 0.29) is 30.8 Å². The van der Waals surface area contributed by atoms with E-state index in [1.54, 1.807) is 20.8 Å². The summed E-state index contributed by atoms with van der Waals surface area (Å²) in [6.07, 6.45) is 0.230. The average Bonchev–Trinajstić information content (AvgIpc) is 2.93. The van der Waals surface area contributed by atoms with Gasteiger partial charge in [-0.15, -0.1) is 0 Å². The number of nitrogens with one attached hydrogen (secondary N) is 3. The first-order valence-corrected chi connectivity index (χ1v) is 9.61. The molecule has 0 radical (unpaired) electrons. The Kier molecular flexibility index (Phi) is 5.77. The van der Waals surface area contributed by atoms with Gasteiger partial charge in [-0.1, -0.05) is 19.1 Å². The van der Waals surface area contributed by atoms with E-state index in [4.69, 9.17) is 4.74 Å². The van der Waals surface area contributed by atoms with Gasteiger partial charge < -0.3 is 20.7 Å². The fraction of sp³-hybridized carbons (Fsp3) is 0.400. The second kappa shape index (κ2) is 8.13. The van der Waals surface area contributed by atoms with Crippen LogP contribution in [0, 0.1) is 5.82 Å². The van der Waals surface area contributed by atoms with Crippen LogP contribution in [0.25, 0.3) is 0 Å². The van der Waals surface area contributed by atoms with Crippen LogP contribution in [0.3, 0.4) is 0 Å². The first-order chi connectivity index (χ1) is 14.2. The van der Waals surface area contributed by atoms with Crippen LogP contribution in [0.1, 0.15) is 32.8 Å². The molecule has 3 N–H and O–H groups in total. The summed E-state index contributed by atoms with van der Waals surface area (Å²) >= 11 is 0. The SMILES string of the molecule is CCOC(=O)C1=C(CN2C(=O)N[C@@](CC)(c3ccc(F)cc3)C2=O)NC(=O)N[C@H]1C. The van der Waals surface area contributed by atoms with Crippen molar-refractivity contribution in [2.75, 3.05) is 13.2 Å². The van der Waals surface area contributed by atoms with Crippen LogP contribution in [0.2, 0.25) is 0 Å². The number of nitrogens with zero attached hydrogens (tertiary/aromatic N) is 1. The molecule has 0 bridgehead atoms. The van der Waals surface area contributed by atoms with Crippen molar-refractivity contribution in [2.45, 2.75) is 38.8 Å². The second-order valence-electron chi connectivity index (χ2n) is 7.02. The fourth-order valence-electron chi connectivity index (χ4n) is 3.71. The molecular weight excluding hydrogens is 395 g/mol. The van der Waals surface area contributed by atoms with Crippen molar-refractivity contribution < 1.29 is 28.3 Å². The zero-order valence-corrected chi connectivity index (χ0v) is 16.9. The predicted octanol–water partition coefficient (Wildman–Crippen LogP) is 1.50. The lowest BCUT2D eigenvalue weighted by Crippen LogP contribution is -2.52. The number of halogens is 1. The van der Waals surface area contributed by atoms with Crippen LogP contribution in [0.15, 0.2) is 35.5 Å². The summed E-state index contributed by atoms with van der Waals surface area (Å²) in [6, 6.07) is 3.41. The third-order valence-electron chi connectivity index (χ3n) is 5.22. The van der Waals surface area contributed by atoms with Gasteiger partial charge in [-0.05, 0) is 38.0 Å². The molecule has 160 valence electrons. The Morgan fingerprint density at radius 1 is 1.20 bits per heavy atom. The average molecular weight is 418 g/mol. The topological polar surface area (TPSA) is 117 Å². The first-order valence-electron chi connectivity index (χ1n) is 9.61. The number of carbonyl (C=O) groups excluding carboxylic acids is 4. The summed E-state index contributed by atoms with van der Waals surface area (Å²) in [5.74, 6) is -1.67. The monoisotopic (exact) mass is 418 g/mol. The third-order valence-corrected chi connectivity index (χ3v) is 5.22. The van der Waals surface area contributed by atoms with Crippen LogP contribution >= 0.6 is 0 Å². The molecule has 0 aromatic heterocycles. The summed E-state index contributed by atoms with van der Waals surface area (Å²) in [4.78, 5) is 51.2. The molecule has 30 heavy (non-hydrogen) atoms. The smallest absolute Gasteiger partial charge is 0.337 e. The van der Waals surface area contributed by atoms with Crippen LogP contribution in [0.4, 0.5) is 14.0 Å². The number of hydrogen-bond donors (Lipinski definition) is 3. The van der Waals surface area contributed by atoms with Gasteiger partial charge in [0.05, 0.1) is 30.5 Å². The van der Waals surface area contributed by atoms with Gasteiger partial charge in [-0.25, -0.2) is 18.8 Å². The quantitative estimate of drug-likeness (QED) is 0.478. The molecule has 2 aliphatic heterocycles. The number of hydrogen-bond acceptors (Lipinski definition) is 5. The van der Waals surface area contributed by atoms with Crippen molar-refractivity contribution in [2.24, 2.45) is 0 Å². The highest BCUT2D eigenvalue weighted by Gasteiger charge is 2.51. The minimum absolute atomic E-state index is 0.110. The van der Waals surface area contributed by atoms with Crippen LogP contribution in [0.5, 0.6) is 0 Å². The Labute approximate surface area is 172 Å². The van der Waals surface area contributed by atoms with Gasteiger partial charge in [-0.3, -0.25) is 9.69 Å². The molecule has 2 heterocycles. The van der Waals surface area contributed by atoms with Crippen LogP contribution in [-0.2, 0) is 19.9 Å². The lowest BCUT2D eigenvalue weighted by Gasteiger charge is -2.29. The second-order valence-corrected chi connectivity index (χ2v) is 7.02. The van der Waals surface area contributed by atoms with Gasteiger partial charge in [-0.2, -0.15) is 0 Å². The first kappa shape index (κ1) is 21.3. The molecular formula is C20H23FN4O5. The molecule has 2 atom stereocenters. The van der Waals surface area contributed by atoms with E-state index in [1.165, 1.54) is 24.3 Å². The molecule has 1 aromatic carbocycles. The maximum atomic E-state index is 13.3. The zero-order chi connectivity index (χ0) is 22.1. The van der Waals surface area contributed by atoms with Crippen molar-refractivity contribution in [1.29, 1.82) is 0 Å². The number of ether oxygens (including phenoxy) is 1. The fourth-order valence-corrected chi connectivity index (χ4v) is 3.71. The maximum Gasteiger partial charge on any atom is 0.337 e. The van der Waals surface area contributed by atoms with E-state index in [0.29, 0.717) is 5.56 Å². The number of carbonyl (C=O) groups is 4. The van der Waals surface area contributed by atoms with Crippen LogP contribution < -0.4 is 16.0 Å². The molecule has 0 unspecified atom stereocenters. The summed E-state index contributed by atoms with van der Waals surface area (Å²) in [6.45, 7) is 4.78. The van der Waals surface area contributed by atoms with E-state index in [0.717, 1.165) is 4.90 Å². The van der Waals surface area contributed by atoms with E-state index >= 15 is 0 Å². The van der Waals surface area contributed by atoms with Gasteiger partial charge in [0.1, 0.15) is 11.4 Å². The lowest BCUT2D eigenvalue weighted by atomic mass is 9.87. The number of benzene rings is 1. The number of imide groups is 1. The normalized spacial score (nSPS) is 23.8. The van der Waals surface area contributed by atoms with E-state index in [1.807, 2.05) is 0 Å². The lowest BCUT2D eigenvalue weighted by molar-refractivity contribution is -0.139. The Morgan fingerprint density at radius 2 is 1.87 bits per heavy atom. The Bertz CT molecular complexity index is 930. The molecule has 0 aliphatic carbocycles. The number of urea groups is 2. The van der Waals surface area contributed by atoms with E-state index < -0.39 is 41.3 Å². The van der Waals surface area contributed by atoms with Crippen molar-refractivity contribution in [3.05, 3.63) is 46.9 Å². The van der Waals surface area contributed by atoms with E-state index in [9.17, 15) is 23.6 Å². The molecule has 1 aromatic rings. The van der Waals surface area contributed by atoms with E-state index in [2.05, 4.69) is 16.0 Å². The van der Waals surface area contributed by atoms with Crippen molar-refractivity contribution in [1.82, 2.24) is 20.9 Å². The molecule has 5 amide bonds. The van der Waals surface area contributed by atoms with Crippen molar-refractivity contribution in [3.63, 3.8) is 0 Å². The molecule has 0 saturated carbocycles. The molecule has 9 nitrogen and oxygen atoms in total. The number of esters is 1. The number of rotatable bonds is 6. The zero-order valence-electron chi connectivity index (χ0n) is 16.9. The van der Waals surface area contributed by atoms with Gasteiger partial charge >= 0.3 is 18.0 Å². The van der Waals surface area contributed by atoms with Gasteiger partial charge in [0.2, 0.25) is 0 Å². The predicted molar refractivity (Wildman–Crippen MR) is 103 cm³/mol. The van der Waals surface area contributed by atoms with Crippen LogP contribution in [-0.4, -0.2) is 48.0 Å². The Balaban J connectivity index is 1.97. The number of amides is 5. The highest BCUT2D eigenvalue weighted by Crippen LogP contribution is 2.33. The molecule has 0 spiro atoms. The minimum Gasteiger partial charge on any atom is -0.463 e. The third kappa shape index (κ3) is 3.60. The Morgan fingerprint density at radius 3 is 2.47 bits per heavy atom. The highest BCUT2D eigenvalue weighted by molar-refractivity contribution is 6.08. The standard InChI is InChI=1S/C20H23FN4O5/c1-4-20(12-6-8-13(21)9-7-12)17(27)25(19(29)24-20)10-14-15(16(26)30-5-2)11(3)22-18(28)23-14/h6-9,11H,4-5,10H2,1-3H3,(H,24,29)(H2,22,23,28)/t11-,20-/m0/s1. The van der Waals surface area contributed by atoms with Crippen molar-refractivity contribution in [3.8, 4) is 0 Å². The summed E-state index contributed by atoms with van der Waals surface area (Å²) in [5.41, 5.74) is -0.681. The largest absolute Gasteiger partial charge is 0.463 e. The molecule has 1 saturated heterocycles. The maximum absolute atomic E-state index is 13.3. The summed E-state index contributed by atoms with van der Waals surface area (Å²) < 4.78 is 18.4.